The molecule has 0 aliphatic heterocycles. The fourth-order valence-electron chi connectivity index (χ4n) is 2.90. The Kier molecular flexibility index (Phi) is 8.56. The van der Waals surface area contributed by atoms with Gasteiger partial charge in [0.15, 0.2) is 0 Å². The molecular formula is C18H31NO. The van der Waals surface area contributed by atoms with Gasteiger partial charge >= 0.3 is 0 Å². The van der Waals surface area contributed by atoms with Gasteiger partial charge in [0, 0.05) is 0 Å². The van der Waals surface area contributed by atoms with Gasteiger partial charge in [0.05, 0.1) is 6.10 Å². The Labute approximate surface area is 124 Å². The molecule has 0 bridgehead atoms. The van der Waals surface area contributed by atoms with Crippen LogP contribution in [-0.4, -0.2) is 11.7 Å². The van der Waals surface area contributed by atoms with E-state index in [0.717, 1.165) is 17.9 Å². The second-order valence-corrected chi connectivity index (χ2v) is 5.82. The van der Waals surface area contributed by atoms with E-state index < -0.39 is 6.10 Å². The minimum absolute atomic E-state index is 0.415. The topological polar surface area (TPSA) is 46.2 Å². The van der Waals surface area contributed by atoms with Gasteiger partial charge in [-0.3, -0.25) is 0 Å². The third kappa shape index (κ3) is 6.06. The quantitative estimate of drug-likeness (QED) is 0.672. The zero-order chi connectivity index (χ0) is 14.8. The SMILES string of the molecule is CCCC(CCC)CCc1cccc(C(O)CCN)c1. The Morgan fingerprint density at radius 1 is 1.05 bits per heavy atom. The number of aliphatic hydroxyl groups excluding tert-OH is 1. The molecule has 0 fully saturated rings. The molecule has 0 heterocycles. The second-order valence-electron chi connectivity index (χ2n) is 5.82. The summed E-state index contributed by atoms with van der Waals surface area (Å²) in [4.78, 5) is 0. The highest BCUT2D eigenvalue weighted by Gasteiger charge is 2.09. The van der Waals surface area contributed by atoms with E-state index in [1.165, 1.54) is 37.7 Å². The molecule has 0 radical (unpaired) electrons. The molecular weight excluding hydrogens is 246 g/mol. The number of hydrogen-bond donors (Lipinski definition) is 2. The van der Waals surface area contributed by atoms with Crippen molar-refractivity contribution in [2.45, 2.75) is 64.9 Å². The monoisotopic (exact) mass is 277 g/mol. The molecule has 0 saturated heterocycles. The van der Waals surface area contributed by atoms with Gasteiger partial charge in [-0.05, 0) is 42.9 Å². The zero-order valence-corrected chi connectivity index (χ0v) is 13.1. The highest BCUT2D eigenvalue weighted by atomic mass is 16.3. The molecule has 2 nitrogen and oxygen atoms in total. The summed E-state index contributed by atoms with van der Waals surface area (Å²) in [5.74, 6) is 0.850. The summed E-state index contributed by atoms with van der Waals surface area (Å²) >= 11 is 0. The van der Waals surface area contributed by atoms with Crippen LogP contribution in [0.1, 0.15) is 69.6 Å². The minimum Gasteiger partial charge on any atom is -0.388 e. The first-order valence-electron chi connectivity index (χ1n) is 8.18. The lowest BCUT2D eigenvalue weighted by atomic mass is 9.91. The first kappa shape index (κ1) is 17.2. The van der Waals surface area contributed by atoms with Crippen molar-refractivity contribution in [1.29, 1.82) is 0 Å². The first-order valence-corrected chi connectivity index (χ1v) is 8.18. The van der Waals surface area contributed by atoms with Gasteiger partial charge in [-0.2, -0.15) is 0 Å². The number of hydrogen-bond acceptors (Lipinski definition) is 2. The molecule has 0 aliphatic rings. The maximum Gasteiger partial charge on any atom is 0.0802 e. The van der Waals surface area contributed by atoms with Gasteiger partial charge < -0.3 is 10.8 Å². The van der Waals surface area contributed by atoms with Crippen LogP contribution in [0.5, 0.6) is 0 Å². The summed E-state index contributed by atoms with van der Waals surface area (Å²) < 4.78 is 0. The van der Waals surface area contributed by atoms with E-state index in [9.17, 15) is 5.11 Å². The molecule has 0 aliphatic carbocycles. The van der Waals surface area contributed by atoms with Crippen LogP contribution in [0.2, 0.25) is 0 Å². The average molecular weight is 277 g/mol. The largest absolute Gasteiger partial charge is 0.388 e. The Morgan fingerprint density at radius 3 is 2.35 bits per heavy atom. The van der Waals surface area contributed by atoms with Gasteiger partial charge in [-0.1, -0.05) is 63.8 Å². The molecule has 0 aromatic heterocycles. The Morgan fingerprint density at radius 2 is 1.75 bits per heavy atom. The van der Waals surface area contributed by atoms with Crippen LogP contribution < -0.4 is 5.73 Å². The van der Waals surface area contributed by atoms with Crippen LogP contribution in [-0.2, 0) is 6.42 Å². The fraction of sp³-hybridized carbons (Fsp3) is 0.667. The third-order valence-corrected chi connectivity index (χ3v) is 4.01. The normalized spacial score (nSPS) is 12.8. The predicted octanol–water partition coefficient (Wildman–Crippen LogP) is 4.22. The highest BCUT2D eigenvalue weighted by Crippen LogP contribution is 2.22. The first-order chi connectivity index (χ1) is 9.71. The lowest BCUT2D eigenvalue weighted by Crippen LogP contribution is -2.07. The molecule has 114 valence electrons. The Balaban J connectivity index is 2.56. The molecule has 0 saturated carbocycles. The summed E-state index contributed by atoms with van der Waals surface area (Å²) in [5.41, 5.74) is 7.86. The number of benzene rings is 1. The van der Waals surface area contributed by atoms with E-state index in [0.29, 0.717) is 13.0 Å². The van der Waals surface area contributed by atoms with Crippen molar-refractivity contribution in [2.24, 2.45) is 11.7 Å². The predicted molar refractivity (Wildman–Crippen MR) is 86.7 cm³/mol. The van der Waals surface area contributed by atoms with Crippen molar-refractivity contribution in [1.82, 2.24) is 0 Å². The standard InChI is InChI=1S/C18H31NO/c1-3-6-15(7-4-2)10-11-16-8-5-9-17(14-16)18(20)12-13-19/h5,8-9,14-15,18,20H,3-4,6-7,10-13,19H2,1-2H3. The van der Waals surface area contributed by atoms with Crippen molar-refractivity contribution in [3.05, 3.63) is 35.4 Å². The summed E-state index contributed by atoms with van der Waals surface area (Å²) in [6, 6.07) is 8.38. The van der Waals surface area contributed by atoms with Crippen LogP contribution in [0, 0.1) is 5.92 Å². The van der Waals surface area contributed by atoms with E-state index in [1.807, 2.05) is 6.07 Å². The lowest BCUT2D eigenvalue weighted by Gasteiger charge is -2.16. The van der Waals surface area contributed by atoms with Gasteiger partial charge in [0.25, 0.3) is 0 Å². The van der Waals surface area contributed by atoms with Gasteiger partial charge in [-0.15, -0.1) is 0 Å². The molecule has 0 amide bonds. The number of nitrogens with two attached hydrogens (primary N) is 1. The van der Waals surface area contributed by atoms with Crippen LogP contribution >= 0.6 is 0 Å². The van der Waals surface area contributed by atoms with Crippen molar-refractivity contribution >= 4 is 0 Å². The second kappa shape index (κ2) is 9.95. The molecule has 1 rings (SSSR count). The van der Waals surface area contributed by atoms with Crippen molar-refractivity contribution in [2.75, 3.05) is 6.54 Å². The van der Waals surface area contributed by atoms with Crippen LogP contribution in [0.15, 0.2) is 24.3 Å². The maximum absolute atomic E-state index is 10.0. The van der Waals surface area contributed by atoms with E-state index >= 15 is 0 Å². The number of aliphatic hydroxyl groups is 1. The molecule has 20 heavy (non-hydrogen) atoms. The summed E-state index contributed by atoms with van der Waals surface area (Å²) in [6.07, 6.45) is 7.83. The summed E-state index contributed by atoms with van der Waals surface area (Å²) in [7, 11) is 0. The van der Waals surface area contributed by atoms with Crippen molar-refractivity contribution in [3.8, 4) is 0 Å². The molecule has 3 N–H and O–H groups in total. The van der Waals surface area contributed by atoms with Crippen molar-refractivity contribution < 1.29 is 5.11 Å². The summed E-state index contributed by atoms with van der Waals surface area (Å²) in [6.45, 7) is 5.07. The fourth-order valence-corrected chi connectivity index (χ4v) is 2.90. The van der Waals surface area contributed by atoms with E-state index in [4.69, 9.17) is 5.73 Å². The van der Waals surface area contributed by atoms with Crippen molar-refractivity contribution in [3.63, 3.8) is 0 Å². The van der Waals surface area contributed by atoms with Gasteiger partial charge in [0.2, 0.25) is 0 Å². The Hall–Kier alpha value is -0.860. The third-order valence-electron chi connectivity index (χ3n) is 4.01. The molecule has 1 aromatic carbocycles. The zero-order valence-electron chi connectivity index (χ0n) is 13.1. The summed E-state index contributed by atoms with van der Waals surface area (Å²) in [5, 5.41) is 10.0. The smallest absolute Gasteiger partial charge is 0.0802 e. The van der Waals surface area contributed by atoms with E-state index in [-0.39, 0.29) is 0 Å². The molecule has 1 aromatic rings. The molecule has 1 unspecified atom stereocenters. The van der Waals surface area contributed by atoms with Crippen LogP contribution in [0.4, 0.5) is 0 Å². The van der Waals surface area contributed by atoms with Gasteiger partial charge in [-0.25, -0.2) is 0 Å². The Bertz CT molecular complexity index is 358. The average Bonchev–Trinajstić information content (AvgIpc) is 2.46. The maximum atomic E-state index is 10.0. The van der Waals surface area contributed by atoms with Gasteiger partial charge in [0.1, 0.15) is 0 Å². The van der Waals surface area contributed by atoms with Crippen LogP contribution in [0.25, 0.3) is 0 Å². The number of rotatable bonds is 10. The molecule has 1 atom stereocenters. The number of aryl methyl sites for hydroxylation is 1. The van der Waals surface area contributed by atoms with Crippen LogP contribution in [0.3, 0.4) is 0 Å². The molecule has 0 spiro atoms. The lowest BCUT2D eigenvalue weighted by molar-refractivity contribution is 0.170. The minimum atomic E-state index is -0.415. The molecule has 2 heteroatoms. The van der Waals surface area contributed by atoms with E-state index in [1.54, 1.807) is 0 Å². The van der Waals surface area contributed by atoms with E-state index in [2.05, 4.69) is 32.0 Å². The highest BCUT2D eigenvalue weighted by molar-refractivity contribution is 5.25.